The first-order chi connectivity index (χ1) is 8.06. The Hall–Kier alpha value is -1.33. The number of aliphatic hydroxyl groups is 1. The Bertz CT molecular complexity index is 437. The highest BCUT2D eigenvalue weighted by molar-refractivity contribution is 5.97. The highest BCUT2D eigenvalue weighted by Gasteiger charge is 2.22. The highest BCUT2D eigenvalue weighted by atomic mass is 19.2. The van der Waals surface area contributed by atoms with Gasteiger partial charge in [0.15, 0.2) is 17.4 Å². The van der Waals surface area contributed by atoms with E-state index < -0.39 is 17.7 Å². The van der Waals surface area contributed by atoms with E-state index in [1.165, 1.54) is 6.07 Å². The SMILES string of the molecule is O=C(CN1CCC(O)C1)c1ccc(F)c(F)c1. The maximum Gasteiger partial charge on any atom is 0.176 e. The molecule has 3 nitrogen and oxygen atoms in total. The number of rotatable bonds is 3. The molecule has 0 aliphatic carbocycles. The zero-order valence-electron chi connectivity index (χ0n) is 9.20. The number of carbonyl (C=O) groups is 1. The summed E-state index contributed by atoms with van der Waals surface area (Å²) in [5, 5.41) is 9.30. The molecule has 92 valence electrons. The number of Topliss-reactive ketones (excluding diaryl/α,β-unsaturated/α-hetero) is 1. The van der Waals surface area contributed by atoms with Gasteiger partial charge in [-0.3, -0.25) is 9.69 Å². The molecule has 17 heavy (non-hydrogen) atoms. The Balaban J connectivity index is 2.02. The molecule has 0 spiro atoms. The van der Waals surface area contributed by atoms with Crippen molar-refractivity contribution in [1.29, 1.82) is 0 Å². The minimum Gasteiger partial charge on any atom is -0.392 e. The Morgan fingerprint density at radius 3 is 2.76 bits per heavy atom. The van der Waals surface area contributed by atoms with Crippen LogP contribution in [0.1, 0.15) is 16.8 Å². The number of halogens is 2. The molecule has 1 heterocycles. The number of β-amino-alcohol motifs (C(OH)–C–C–N with tert-alkyl or cyclic N) is 1. The first kappa shape index (κ1) is 12.1. The van der Waals surface area contributed by atoms with E-state index in [9.17, 15) is 18.7 Å². The van der Waals surface area contributed by atoms with Crippen LogP contribution in [-0.2, 0) is 0 Å². The van der Waals surface area contributed by atoms with Crippen molar-refractivity contribution in [2.45, 2.75) is 12.5 Å². The summed E-state index contributed by atoms with van der Waals surface area (Å²) >= 11 is 0. The van der Waals surface area contributed by atoms with Gasteiger partial charge in [-0.05, 0) is 24.6 Å². The average molecular weight is 241 g/mol. The fourth-order valence-corrected chi connectivity index (χ4v) is 1.92. The smallest absolute Gasteiger partial charge is 0.176 e. The molecule has 1 saturated heterocycles. The summed E-state index contributed by atoms with van der Waals surface area (Å²) < 4.78 is 25.6. The van der Waals surface area contributed by atoms with Crippen LogP contribution in [0, 0.1) is 11.6 Å². The highest BCUT2D eigenvalue weighted by Crippen LogP contribution is 2.12. The number of likely N-dealkylation sites (tertiary alicyclic amines) is 1. The summed E-state index contributed by atoms with van der Waals surface area (Å²) in [5.41, 5.74) is 0.158. The topological polar surface area (TPSA) is 40.5 Å². The van der Waals surface area contributed by atoms with E-state index in [-0.39, 0.29) is 17.9 Å². The standard InChI is InChI=1S/C12H13F2NO2/c13-10-2-1-8(5-11(10)14)12(17)7-15-4-3-9(16)6-15/h1-2,5,9,16H,3-4,6-7H2. The third kappa shape index (κ3) is 2.87. The van der Waals surface area contributed by atoms with Gasteiger partial charge in [-0.2, -0.15) is 0 Å². The molecule has 0 aromatic heterocycles. The fraction of sp³-hybridized carbons (Fsp3) is 0.417. The second kappa shape index (κ2) is 4.89. The molecule has 1 unspecified atom stereocenters. The minimum absolute atomic E-state index is 0.127. The monoisotopic (exact) mass is 241 g/mol. The lowest BCUT2D eigenvalue weighted by Gasteiger charge is -2.13. The number of hydrogen-bond acceptors (Lipinski definition) is 3. The number of hydrogen-bond donors (Lipinski definition) is 1. The lowest BCUT2D eigenvalue weighted by atomic mass is 10.1. The largest absolute Gasteiger partial charge is 0.392 e. The maximum atomic E-state index is 12.9. The van der Waals surface area contributed by atoms with E-state index in [0.717, 1.165) is 12.1 Å². The van der Waals surface area contributed by atoms with E-state index in [1.807, 2.05) is 0 Å². The van der Waals surface area contributed by atoms with Crippen LogP contribution in [0.4, 0.5) is 8.78 Å². The molecular formula is C12H13F2NO2. The van der Waals surface area contributed by atoms with Gasteiger partial charge in [0.1, 0.15) is 0 Å². The van der Waals surface area contributed by atoms with Crippen molar-refractivity contribution in [1.82, 2.24) is 4.90 Å². The van der Waals surface area contributed by atoms with Crippen molar-refractivity contribution < 1.29 is 18.7 Å². The summed E-state index contributed by atoms with van der Waals surface area (Å²) in [6.45, 7) is 1.23. The summed E-state index contributed by atoms with van der Waals surface area (Å²) in [6.07, 6.45) is 0.248. The van der Waals surface area contributed by atoms with Crippen LogP contribution in [-0.4, -0.2) is 41.5 Å². The molecule has 0 amide bonds. The van der Waals surface area contributed by atoms with E-state index in [1.54, 1.807) is 4.90 Å². The molecule has 1 aliphatic rings. The lowest BCUT2D eigenvalue weighted by molar-refractivity contribution is 0.0934. The van der Waals surface area contributed by atoms with Gasteiger partial charge in [0.05, 0.1) is 12.6 Å². The first-order valence-corrected chi connectivity index (χ1v) is 5.45. The van der Waals surface area contributed by atoms with Crippen LogP contribution in [0.2, 0.25) is 0 Å². The predicted molar refractivity (Wildman–Crippen MR) is 57.8 cm³/mol. The predicted octanol–water partition coefficient (Wildman–Crippen LogP) is 1.21. The first-order valence-electron chi connectivity index (χ1n) is 5.45. The molecule has 0 saturated carbocycles. The Morgan fingerprint density at radius 2 is 2.18 bits per heavy atom. The van der Waals surface area contributed by atoms with Gasteiger partial charge >= 0.3 is 0 Å². The van der Waals surface area contributed by atoms with Gasteiger partial charge in [0.25, 0.3) is 0 Å². The molecule has 1 aliphatic heterocycles. The van der Waals surface area contributed by atoms with Crippen molar-refractivity contribution in [3.63, 3.8) is 0 Å². The van der Waals surface area contributed by atoms with Crippen LogP contribution >= 0.6 is 0 Å². The van der Waals surface area contributed by atoms with Crippen molar-refractivity contribution >= 4 is 5.78 Å². The zero-order valence-corrected chi connectivity index (χ0v) is 9.20. The van der Waals surface area contributed by atoms with Crippen molar-refractivity contribution in [3.8, 4) is 0 Å². The molecule has 1 aromatic rings. The number of ketones is 1. The van der Waals surface area contributed by atoms with Crippen molar-refractivity contribution in [2.24, 2.45) is 0 Å². The summed E-state index contributed by atoms with van der Waals surface area (Å²) in [4.78, 5) is 13.6. The third-order valence-corrected chi connectivity index (χ3v) is 2.86. The normalized spacial score (nSPS) is 20.8. The van der Waals surface area contributed by atoms with Crippen LogP contribution in [0.3, 0.4) is 0 Å². The van der Waals surface area contributed by atoms with Gasteiger partial charge in [0, 0.05) is 18.7 Å². The molecule has 1 atom stereocenters. The number of carbonyl (C=O) groups excluding carboxylic acids is 1. The van der Waals surface area contributed by atoms with E-state index >= 15 is 0 Å². The number of aliphatic hydroxyl groups excluding tert-OH is 1. The number of benzene rings is 1. The summed E-state index contributed by atoms with van der Waals surface area (Å²) in [7, 11) is 0. The van der Waals surface area contributed by atoms with E-state index in [2.05, 4.69) is 0 Å². The Labute approximate surface area is 97.7 Å². The minimum atomic E-state index is -1.02. The van der Waals surface area contributed by atoms with Gasteiger partial charge < -0.3 is 5.11 Å². The van der Waals surface area contributed by atoms with Gasteiger partial charge in [-0.15, -0.1) is 0 Å². The van der Waals surface area contributed by atoms with Gasteiger partial charge in [-0.1, -0.05) is 0 Å². The number of nitrogens with zero attached hydrogens (tertiary/aromatic N) is 1. The Morgan fingerprint density at radius 1 is 1.41 bits per heavy atom. The van der Waals surface area contributed by atoms with Gasteiger partial charge in [-0.25, -0.2) is 8.78 Å². The molecule has 0 radical (unpaired) electrons. The quantitative estimate of drug-likeness (QED) is 0.809. The van der Waals surface area contributed by atoms with Crippen LogP contribution in [0.5, 0.6) is 0 Å². The molecule has 1 aromatic carbocycles. The second-order valence-electron chi connectivity index (χ2n) is 4.23. The molecule has 2 rings (SSSR count). The molecule has 1 N–H and O–H groups in total. The van der Waals surface area contributed by atoms with Crippen LogP contribution in [0.25, 0.3) is 0 Å². The van der Waals surface area contributed by atoms with E-state index in [4.69, 9.17) is 0 Å². The van der Waals surface area contributed by atoms with E-state index in [0.29, 0.717) is 19.5 Å². The third-order valence-electron chi connectivity index (χ3n) is 2.86. The lowest BCUT2D eigenvalue weighted by Crippen LogP contribution is -2.28. The molecule has 5 heteroatoms. The van der Waals surface area contributed by atoms with Gasteiger partial charge in [0.2, 0.25) is 0 Å². The molecule has 0 bridgehead atoms. The summed E-state index contributed by atoms with van der Waals surface area (Å²) in [6, 6.07) is 3.12. The van der Waals surface area contributed by atoms with Crippen molar-refractivity contribution in [3.05, 3.63) is 35.4 Å². The summed E-state index contributed by atoms with van der Waals surface area (Å²) in [5.74, 6) is -2.24. The maximum absolute atomic E-state index is 12.9. The van der Waals surface area contributed by atoms with Crippen LogP contribution < -0.4 is 0 Å². The Kier molecular flexibility index (Phi) is 3.49. The van der Waals surface area contributed by atoms with Crippen LogP contribution in [0.15, 0.2) is 18.2 Å². The zero-order chi connectivity index (χ0) is 12.4. The fourth-order valence-electron chi connectivity index (χ4n) is 1.92. The molecular weight excluding hydrogens is 228 g/mol. The molecule has 1 fully saturated rings. The second-order valence-corrected chi connectivity index (χ2v) is 4.23. The average Bonchev–Trinajstić information content (AvgIpc) is 2.68. The van der Waals surface area contributed by atoms with Crippen molar-refractivity contribution in [2.75, 3.05) is 19.6 Å².